The Kier molecular flexibility index (Phi) is 4.30. The molecule has 0 spiro atoms. The van der Waals surface area contributed by atoms with E-state index in [9.17, 15) is 0 Å². The normalized spacial score (nSPS) is 9.93. The van der Waals surface area contributed by atoms with E-state index in [1.165, 1.54) is 0 Å². The van der Waals surface area contributed by atoms with Crippen LogP contribution in [0.1, 0.15) is 25.3 Å². The molecule has 0 saturated carbocycles. The van der Waals surface area contributed by atoms with Gasteiger partial charge >= 0.3 is 0 Å². The summed E-state index contributed by atoms with van der Waals surface area (Å²) in [5.41, 5.74) is 1.13. The minimum atomic E-state index is 0.780. The van der Waals surface area contributed by atoms with Crippen molar-refractivity contribution < 1.29 is 9.47 Å². The number of rotatable bonds is 5. The van der Waals surface area contributed by atoms with Gasteiger partial charge in [-0.2, -0.15) is 0 Å². The highest BCUT2D eigenvalue weighted by Crippen LogP contribution is 2.23. The van der Waals surface area contributed by atoms with E-state index in [1.54, 1.807) is 7.11 Å². The smallest absolute Gasteiger partial charge is 0.125 e. The van der Waals surface area contributed by atoms with Gasteiger partial charge in [-0.3, -0.25) is 0 Å². The fraction of sp³-hybridized carbons (Fsp3) is 0.500. The van der Waals surface area contributed by atoms with E-state index in [4.69, 9.17) is 9.47 Å². The van der Waals surface area contributed by atoms with E-state index in [2.05, 4.69) is 6.92 Å². The summed E-state index contributed by atoms with van der Waals surface area (Å²) in [5.74, 6) is 1.78. The Hall–Kier alpha value is -1.18. The maximum absolute atomic E-state index is 5.56. The molecule has 0 aliphatic rings. The highest BCUT2D eigenvalue weighted by atomic mass is 16.5. The van der Waals surface area contributed by atoms with Gasteiger partial charge in [-0.05, 0) is 25.0 Å². The Bertz CT molecular complexity index is 282. The van der Waals surface area contributed by atoms with Crippen LogP contribution in [0.3, 0.4) is 0 Å². The fourth-order valence-electron chi connectivity index (χ4n) is 1.22. The predicted molar refractivity (Wildman–Crippen MR) is 58.1 cm³/mol. The summed E-state index contributed by atoms with van der Waals surface area (Å²) in [7, 11) is 1.68. The van der Waals surface area contributed by atoms with Gasteiger partial charge in [0, 0.05) is 6.07 Å². The van der Waals surface area contributed by atoms with E-state index in [-0.39, 0.29) is 0 Å². The second-order valence-corrected chi connectivity index (χ2v) is 3.33. The lowest BCUT2D eigenvalue weighted by Crippen LogP contribution is -1.97. The number of benzene rings is 1. The molecular weight excluding hydrogens is 176 g/mol. The number of unbranched alkanes of at least 4 members (excludes halogenated alkanes) is 1. The minimum Gasteiger partial charge on any atom is -0.496 e. The molecule has 78 valence electrons. The lowest BCUT2D eigenvalue weighted by atomic mass is 10.2. The average molecular weight is 194 g/mol. The van der Waals surface area contributed by atoms with Crippen LogP contribution in [0, 0.1) is 6.92 Å². The summed E-state index contributed by atoms with van der Waals surface area (Å²) >= 11 is 0. The van der Waals surface area contributed by atoms with Gasteiger partial charge in [-0.15, -0.1) is 0 Å². The van der Waals surface area contributed by atoms with E-state index >= 15 is 0 Å². The molecule has 0 bridgehead atoms. The van der Waals surface area contributed by atoms with Crippen molar-refractivity contribution in [3.8, 4) is 11.5 Å². The van der Waals surface area contributed by atoms with Crippen LogP contribution in [-0.4, -0.2) is 13.7 Å². The first-order valence-electron chi connectivity index (χ1n) is 5.05. The van der Waals surface area contributed by atoms with E-state index in [0.717, 1.165) is 36.5 Å². The van der Waals surface area contributed by atoms with Crippen molar-refractivity contribution in [3.05, 3.63) is 23.8 Å². The Balaban J connectivity index is 2.60. The van der Waals surface area contributed by atoms with Crippen LogP contribution in [0.25, 0.3) is 0 Å². The molecular formula is C12H18O2. The molecule has 0 amide bonds. The third-order valence-electron chi connectivity index (χ3n) is 2.15. The van der Waals surface area contributed by atoms with Gasteiger partial charge in [0.15, 0.2) is 0 Å². The van der Waals surface area contributed by atoms with Gasteiger partial charge in [0.1, 0.15) is 11.5 Å². The summed E-state index contributed by atoms with van der Waals surface area (Å²) < 4.78 is 10.8. The first kappa shape index (κ1) is 10.9. The van der Waals surface area contributed by atoms with E-state index in [1.807, 2.05) is 25.1 Å². The van der Waals surface area contributed by atoms with Gasteiger partial charge in [0.2, 0.25) is 0 Å². The first-order chi connectivity index (χ1) is 6.77. The molecule has 2 nitrogen and oxygen atoms in total. The molecule has 0 radical (unpaired) electrons. The molecule has 2 heteroatoms. The predicted octanol–water partition coefficient (Wildman–Crippen LogP) is 3.18. The molecule has 0 unspecified atom stereocenters. The molecule has 0 N–H and O–H groups in total. The number of methoxy groups -OCH3 is 1. The lowest BCUT2D eigenvalue weighted by Gasteiger charge is -2.08. The minimum absolute atomic E-state index is 0.780. The van der Waals surface area contributed by atoms with Gasteiger partial charge in [0.25, 0.3) is 0 Å². The second kappa shape index (κ2) is 5.53. The zero-order valence-electron chi connectivity index (χ0n) is 9.17. The molecule has 1 rings (SSSR count). The Morgan fingerprint density at radius 1 is 1.29 bits per heavy atom. The molecule has 0 heterocycles. The maximum atomic E-state index is 5.56. The summed E-state index contributed by atoms with van der Waals surface area (Å²) in [4.78, 5) is 0. The average Bonchev–Trinajstić information content (AvgIpc) is 2.21. The zero-order valence-corrected chi connectivity index (χ0v) is 9.17. The topological polar surface area (TPSA) is 18.5 Å². The third kappa shape index (κ3) is 2.95. The van der Waals surface area contributed by atoms with E-state index < -0.39 is 0 Å². The molecule has 0 aliphatic carbocycles. The Morgan fingerprint density at radius 3 is 2.71 bits per heavy atom. The van der Waals surface area contributed by atoms with Gasteiger partial charge in [-0.25, -0.2) is 0 Å². The first-order valence-corrected chi connectivity index (χ1v) is 5.05. The number of ether oxygens (including phenoxy) is 2. The molecule has 0 fully saturated rings. The van der Waals surface area contributed by atoms with E-state index in [0.29, 0.717) is 0 Å². The Morgan fingerprint density at radius 2 is 2.07 bits per heavy atom. The summed E-state index contributed by atoms with van der Waals surface area (Å²) in [5, 5.41) is 0. The van der Waals surface area contributed by atoms with Crippen molar-refractivity contribution in [2.75, 3.05) is 13.7 Å². The lowest BCUT2D eigenvalue weighted by molar-refractivity contribution is 0.306. The van der Waals surface area contributed by atoms with Gasteiger partial charge in [0.05, 0.1) is 13.7 Å². The molecule has 0 atom stereocenters. The molecule has 1 aromatic carbocycles. The molecule has 0 aliphatic heterocycles. The van der Waals surface area contributed by atoms with Crippen LogP contribution >= 0.6 is 0 Å². The highest BCUT2D eigenvalue weighted by Gasteiger charge is 2.00. The standard InChI is InChI=1S/C12H18O2/c1-4-5-8-14-11-7-6-10(2)12(9-11)13-3/h6-7,9H,4-5,8H2,1-3H3. The van der Waals surface area contributed by atoms with Crippen LogP contribution in [0.5, 0.6) is 11.5 Å². The third-order valence-corrected chi connectivity index (χ3v) is 2.15. The number of hydrogen-bond acceptors (Lipinski definition) is 2. The number of hydrogen-bond donors (Lipinski definition) is 0. The number of aryl methyl sites for hydroxylation is 1. The van der Waals surface area contributed by atoms with Crippen LogP contribution in [0.15, 0.2) is 18.2 Å². The SMILES string of the molecule is CCCCOc1ccc(C)c(OC)c1. The van der Waals surface area contributed by atoms with Crippen LogP contribution in [-0.2, 0) is 0 Å². The summed E-state index contributed by atoms with van der Waals surface area (Å²) in [6.45, 7) is 4.95. The van der Waals surface area contributed by atoms with Crippen LogP contribution in [0.2, 0.25) is 0 Å². The van der Waals surface area contributed by atoms with Crippen molar-refractivity contribution in [2.45, 2.75) is 26.7 Å². The monoisotopic (exact) mass is 194 g/mol. The summed E-state index contributed by atoms with van der Waals surface area (Å²) in [6, 6.07) is 5.93. The fourth-order valence-corrected chi connectivity index (χ4v) is 1.22. The largest absolute Gasteiger partial charge is 0.496 e. The molecule has 1 aromatic rings. The van der Waals surface area contributed by atoms with Crippen molar-refractivity contribution >= 4 is 0 Å². The van der Waals surface area contributed by atoms with Crippen LogP contribution in [0.4, 0.5) is 0 Å². The zero-order chi connectivity index (χ0) is 10.4. The van der Waals surface area contributed by atoms with Crippen molar-refractivity contribution in [3.63, 3.8) is 0 Å². The quantitative estimate of drug-likeness (QED) is 0.670. The van der Waals surface area contributed by atoms with Crippen molar-refractivity contribution in [1.29, 1.82) is 0 Å². The molecule has 14 heavy (non-hydrogen) atoms. The highest BCUT2D eigenvalue weighted by molar-refractivity contribution is 5.39. The summed E-state index contributed by atoms with van der Waals surface area (Å²) in [6.07, 6.45) is 2.25. The molecule has 0 saturated heterocycles. The Labute approximate surface area is 85.8 Å². The van der Waals surface area contributed by atoms with Gasteiger partial charge in [-0.1, -0.05) is 19.4 Å². The van der Waals surface area contributed by atoms with Crippen LogP contribution < -0.4 is 9.47 Å². The van der Waals surface area contributed by atoms with Crippen molar-refractivity contribution in [2.24, 2.45) is 0 Å². The second-order valence-electron chi connectivity index (χ2n) is 3.33. The maximum Gasteiger partial charge on any atom is 0.125 e. The van der Waals surface area contributed by atoms with Gasteiger partial charge < -0.3 is 9.47 Å². The molecule has 0 aromatic heterocycles. The van der Waals surface area contributed by atoms with Crippen molar-refractivity contribution in [1.82, 2.24) is 0 Å².